The molecule has 5 rings (SSSR count). The Morgan fingerprint density at radius 1 is 1.04 bits per heavy atom. The van der Waals surface area contributed by atoms with Crippen molar-refractivity contribution >= 4 is 17.2 Å². The topological polar surface area (TPSA) is 33.1 Å². The molecule has 3 saturated carbocycles. The number of rotatable bonds is 1. The summed E-state index contributed by atoms with van der Waals surface area (Å²) in [5.41, 5.74) is 2.96. The van der Waals surface area contributed by atoms with Crippen LogP contribution >= 0.6 is 11.6 Å². The lowest BCUT2D eigenvalue weighted by molar-refractivity contribution is -0.138. The molecule has 0 radical (unpaired) electrons. The highest BCUT2D eigenvalue weighted by molar-refractivity contribution is 6.30. The molecule has 4 aliphatic carbocycles. The van der Waals surface area contributed by atoms with Crippen molar-refractivity contribution in [2.45, 2.75) is 77.7 Å². The van der Waals surface area contributed by atoms with Crippen molar-refractivity contribution in [2.75, 3.05) is 0 Å². The zero-order chi connectivity index (χ0) is 19.7. The van der Waals surface area contributed by atoms with E-state index < -0.39 is 5.60 Å². The van der Waals surface area contributed by atoms with E-state index in [9.17, 15) is 5.11 Å². The van der Waals surface area contributed by atoms with Gasteiger partial charge in [-0.2, -0.15) is 0 Å². The van der Waals surface area contributed by atoms with Gasteiger partial charge in [-0.05, 0) is 110 Å². The summed E-state index contributed by atoms with van der Waals surface area (Å²) in [7, 11) is 0. The molecular weight excluding hydrogens is 366 g/mol. The molecule has 3 fully saturated rings. The number of halogens is 1. The third-order valence-electron chi connectivity index (χ3n) is 9.55. The maximum absolute atomic E-state index is 10.7. The van der Waals surface area contributed by atoms with Gasteiger partial charge in [0.15, 0.2) is 0 Å². The van der Waals surface area contributed by atoms with Gasteiger partial charge in [-0.15, -0.1) is 0 Å². The Balaban J connectivity index is 1.43. The van der Waals surface area contributed by atoms with Gasteiger partial charge in [0, 0.05) is 12.4 Å². The van der Waals surface area contributed by atoms with Gasteiger partial charge in [-0.3, -0.25) is 4.98 Å². The summed E-state index contributed by atoms with van der Waals surface area (Å²) in [5.74, 6) is 3.10. The number of allylic oxidation sites excluding steroid dienone is 2. The number of aromatic nitrogens is 1. The second-order valence-corrected chi connectivity index (χ2v) is 11.5. The van der Waals surface area contributed by atoms with Crippen LogP contribution in [0.3, 0.4) is 0 Å². The van der Waals surface area contributed by atoms with Crippen molar-refractivity contribution in [1.82, 2.24) is 4.98 Å². The van der Waals surface area contributed by atoms with Crippen LogP contribution in [0.5, 0.6) is 0 Å². The van der Waals surface area contributed by atoms with Crippen LogP contribution < -0.4 is 0 Å². The number of fused-ring (bicyclic) bond motifs is 5. The molecule has 0 bridgehead atoms. The number of aliphatic hydroxyl groups is 1. The van der Waals surface area contributed by atoms with Crippen molar-refractivity contribution in [1.29, 1.82) is 0 Å². The van der Waals surface area contributed by atoms with Crippen molar-refractivity contribution < 1.29 is 5.11 Å². The number of nitrogens with zero attached hydrogens (tertiary/aromatic N) is 1. The molecule has 0 saturated heterocycles. The van der Waals surface area contributed by atoms with Crippen molar-refractivity contribution in [3.8, 4) is 0 Å². The molecule has 7 atom stereocenters. The molecule has 1 aromatic heterocycles. The monoisotopic (exact) mass is 399 g/mol. The third-order valence-corrected chi connectivity index (χ3v) is 9.76. The third kappa shape index (κ3) is 2.74. The van der Waals surface area contributed by atoms with Crippen LogP contribution in [0, 0.1) is 34.5 Å². The van der Waals surface area contributed by atoms with Crippen LogP contribution in [0.15, 0.2) is 24.5 Å². The largest absolute Gasteiger partial charge is 0.390 e. The summed E-state index contributed by atoms with van der Waals surface area (Å²) in [6, 6.07) is 2.10. The molecule has 0 aliphatic heterocycles. The van der Waals surface area contributed by atoms with E-state index in [-0.39, 0.29) is 5.41 Å². The predicted octanol–water partition coefficient (Wildman–Crippen LogP) is 6.52. The lowest BCUT2D eigenvalue weighted by Gasteiger charge is -2.61. The maximum atomic E-state index is 10.7. The molecule has 1 aromatic rings. The number of hydrogen-bond donors (Lipinski definition) is 1. The molecule has 3 heteroatoms. The Labute approximate surface area is 174 Å². The zero-order valence-corrected chi connectivity index (χ0v) is 18.3. The zero-order valence-electron chi connectivity index (χ0n) is 17.5. The lowest BCUT2D eigenvalue weighted by atomic mass is 9.44. The summed E-state index contributed by atoms with van der Waals surface area (Å²) >= 11 is 6.26. The predicted molar refractivity (Wildman–Crippen MR) is 115 cm³/mol. The molecule has 1 unspecified atom stereocenters. The second-order valence-electron chi connectivity index (χ2n) is 11.1. The number of pyridine rings is 1. The van der Waals surface area contributed by atoms with Crippen molar-refractivity contribution in [2.24, 2.45) is 34.5 Å². The van der Waals surface area contributed by atoms with Gasteiger partial charge in [0.25, 0.3) is 0 Å². The fourth-order valence-corrected chi connectivity index (χ4v) is 8.18. The summed E-state index contributed by atoms with van der Waals surface area (Å²) in [6.07, 6.45) is 15.9. The molecule has 2 nitrogen and oxygen atoms in total. The first-order valence-electron chi connectivity index (χ1n) is 11.3. The highest BCUT2D eigenvalue weighted by Gasteiger charge is 2.59. The van der Waals surface area contributed by atoms with Crippen LogP contribution in [-0.2, 0) is 0 Å². The van der Waals surface area contributed by atoms with Gasteiger partial charge in [-0.1, -0.05) is 31.5 Å². The van der Waals surface area contributed by atoms with Crippen LogP contribution in [0.4, 0.5) is 0 Å². The van der Waals surface area contributed by atoms with Gasteiger partial charge >= 0.3 is 0 Å². The molecule has 152 valence electrons. The molecule has 4 aliphatic rings. The maximum Gasteiger partial charge on any atom is 0.0622 e. The average molecular weight is 400 g/mol. The summed E-state index contributed by atoms with van der Waals surface area (Å²) < 4.78 is 0. The SMILES string of the molecule is C[C@]1(O)CC[C@@]2(C)C(CC[C@@H]3[C@@H]2CC[C@]2(C)C(c4cncc(Cl)c4)=CC[C@@H]32)C1. The fraction of sp³-hybridized carbons (Fsp3) is 0.720. The van der Waals surface area contributed by atoms with Gasteiger partial charge in [0.1, 0.15) is 0 Å². The van der Waals surface area contributed by atoms with Crippen molar-refractivity contribution in [3.63, 3.8) is 0 Å². The first-order chi connectivity index (χ1) is 13.2. The minimum absolute atomic E-state index is 0.261. The summed E-state index contributed by atoms with van der Waals surface area (Å²) in [6.45, 7) is 7.13. The Kier molecular flexibility index (Phi) is 4.31. The average Bonchev–Trinajstić information content (AvgIpc) is 2.99. The van der Waals surface area contributed by atoms with Gasteiger partial charge in [-0.25, -0.2) is 0 Å². The van der Waals surface area contributed by atoms with Crippen LogP contribution in [0.2, 0.25) is 5.02 Å². The standard InChI is InChI=1S/C25H34ClNO/c1-23(28)10-11-24(2)17(13-23)4-5-19-21-7-6-20(16-12-18(26)15-27-14-16)25(21,3)9-8-22(19)24/h6,12,14-15,17,19,21-22,28H,4-5,7-11,13H2,1-3H3/t17?,19-,21-,22-,23-,24-,25+/m0/s1. The van der Waals surface area contributed by atoms with Crippen LogP contribution in [0.25, 0.3) is 5.57 Å². The second kappa shape index (κ2) is 6.32. The molecule has 0 spiro atoms. The van der Waals surface area contributed by atoms with Gasteiger partial charge < -0.3 is 5.11 Å². The first kappa shape index (κ1) is 19.1. The molecule has 0 aromatic carbocycles. The van der Waals surface area contributed by atoms with E-state index in [1.54, 1.807) is 6.20 Å². The minimum atomic E-state index is -0.443. The highest BCUT2D eigenvalue weighted by atomic mass is 35.5. The molecule has 1 heterocycles. The number of hydrogen-bond acceptors (Lipinski definition) is 2. The lowest BCUT2D eigenvalue weighted by Crippen LogP contribution is -2.55. The van der Waals surface area contributed by atoms with Crippen LogP contribution in [0.1, 0.15) is 77.7 Å². The molecular formula is C25H34ClNO. The Morgan fingerprint density at radius 3 is 2.64 bits per heavy atom. The van der Waals surface area contributed by atoms with Gasteiger partial charge in [0.05, 0.1) is 10.6 Å². The minimum Gasteiger partial charge on any atom is -0.390 e. The first-order valence-corrected chi connectivity index (χ1v) is 11.6. The molecule has 1 N–H and O–H groups in total. The highest BCUT2D eigenvalue weighted by Crippen LogP contribution is 2.68. The van der Waals surface area contributed by atoms with Crippen molar-refractivity contribution in [3.05, 3.63) is 35.1 Å². The summed E-state index contributed by atoms with van der Waals surface area (Å²) in [4.78, 5) is 4.36. The van der Waals surface area contributed by atoms with E-state index in [1.807, 2.05) is 6.20 Å². The Hall–Kier alpha value is -0.860. The molecule has 28 heavy (non-hydrogen) atoms. The van der Waals surface area contributed by atoms with E-state index in [0.717, 1.165) is 35.6 Å². The Bertz CT molecular complexity index is 817. The fourth-order valence-electron chi connectivity index (χ4n) is 8.01. The van der Waals surface area contributed by atoms with E-state index in [0.29, 0.717) is 11.3 Å². The quantitative estimate of drug-likeness (QED) is 0.582. The van der Waals surface area contributed by atoms with E-state index in [2.05, 4.69) is 37.9 Å². The summed E-state index contributed by atoms with van der Waals surface area (Å²) in [5, 5.41) is 11.4. The Morgan fingerprint density at radius 2 is 1.86 bits per heavy atom. The molecule has 0 amide bonds. The normalized spacial score (nSPS) is 47.7. The van der Waals surface area contributed by atoms with E-state index in [1.165, 1.54) is 49.7 Å². The van der Waals surface area contributed by atoms with Gasteiger partial charge in [0.2, 0.25) is 0 Å². The smallest absolute Gasteiger partial charge is 0.0622 e. The van der Waals surface area contributed by atoms with E-state index in [4.69, 9.17) is 11.6 Å². The van der Waals surface area contributed by atoms with Crippen LogP contribution in [-0.4, -0.2) is 15.7 Å². The van der Waals surface area contributed by atoms with E-state index >= 15 is 0 Å².